The van der Waals surface area contributed by atoms with E-state index in [0.29, 0.717) is 6.54 Å². The summed E-state index contributed by atoms with van der Waals surface area (Å²) in [6.07, 6.45) is 4.19. The monoisotopic (exact) mass is 469 g/mol. The highest BCUT2D eigenvalue weighted by Gasteiger charge is 2.29. The first-order valence-corrected chi connectivity index (χ1v) is 12.3. The minimum Gasteiger partial charge on any atom is -0.494 e. The number of methoxy groups -OCH3 is 1. The molecule has 1 saturated heterocycles. The van der Waals surface area contributed by atoms with E-state index in [-0.39, 0.29) is 11.6 Å². The molecule has 1 aliphatic heterocycles. The zero-order chi connectivity index (χ0) is 23.9. The SMILES string of the molecule is COc1ccc(CN2CCN(c3c4c(c(C#N)c5nc6ccccc6n35)CCCC4)CC2)cc1F. The number of fused-ring (bicyclic) bond motifs is 4. The molecule has 3 heterocycles. The van der Waals surface area contributed by atoms with Gasteiger partial charge in [0, 0.05) is 32.7 Å². The number of pyridine rings is 1. The Balaban J connectivity index is 1.35. The van der Waals surface area contributed by atoms with Crippen LogP contribution >= 0.6 is 0 Å². The van der Waals surface area contributed by atoms with Crippen molar-refractivity contribution in [1.29, 1.82) is 5.26 Å². The molecule has 0 bridgehead atoms. The lowest BCUT2D eigenvalue weighted by molar-refractivity contribution is 0.248. The Morgan fingerprint density at radius 2 is 1.80 bits per heavy atom. The van der Waals surface area contributed by atoms with Gasteiger partial charge in [0.2, 0.25) is 0 Å². The Hall–Kier alpha value is -3.63. The molecule has 0 amide bonds. The number of imidazole rings is 1. The molecule has 6 rings (SSSR count). The molecule has 2 aromatic heterocycles. The third-order valence-electron chi connectivity index (χ3n) is 7.44. The van der Waals surface area contributed by atoms with Crippen LogP contribution in [0.1, 0.15) is 35.1 Å². The van der Waals surface area contributed by atoms with Gasteiger partial charge in [-0.1, -0.05) is 18.2 Å². The number of halogens is 1. The van der Waals surface area contributed by atoms with Crippen molar-refractivity contribution in [3.63, 3.8) is 0 Å². The number of nitriles is 1. The first-order valence-electron chi connectivity index (χ1n) is 12.3. The zero-order valence-electron chi connectivity index (χ0n) is 19.9. The summed E-state index contributed by atoms with van der Waals surface area (Å²) in [4.78, 5) is 9.74. The van der Waals surface area contributed by atoms with Gasteiger partial charge < -0.3 is 9.64 Å². The molecule has 0 unspecified atom stereocenters. The number of para-hydroxylation sites is 2. The largest absolute Gasteiger partial charge is 0.494 e. The standard InChI is InChI=1S/C28H28FN5O/c1-35-26-11-10-19(16-23(26)29)18-32-12-14-33(15-13-32)28-21-7-3-2-6-20(21)22(17-30)27-31-24-8-4-5-9-25(24)34(27)28/h4-5,8-11,16H,2-3,6-7,12-15,18H2,1H3. The highest BCUT2D eigenvalue weighted by atomic mass is 19.1. The molecule has 1 fully saturated rings. The van der Waals surface area contributed by atoms with Crippen LogP contribution in [-0.4, -0.2) is 47.6 Å². The van der Waals surface area contributed by atoms with E-state index in [1.165, 1.54) is 24.1 Å². The van der Waals surface area contributed by atoms with Crippen LogP contribution in [0.5, 0.6) is 5.75 Å². The first kappa shape index (κ1) is 21.9. The van der Waals surface area contributed by atoms with Gasteiger partial charge in [0.05, 0.1) is 23.7 Å². The lowest BCUT2D eigenvalue weighted by atomic mass is 9.88. The van der Waals surface area contributed by atoms with Crippen LogP contribution < -0.4 is 9.64 Å². The number of hydrogen-bond donors (Lipinski definition) is 0. The molecule has 4 aromatic rings. The van der Waals surface area contributed by atoms with Crippen molar-refractivity contribution in [1.82, 2.24) is 14.3 Å². The number of aromatic nitrogens is 2. The average molecular weight is 470 g/mol. The van der Waals surface area contributed by atoms with Crippen molar-refractivity contribution in [2.45, 2.75) is 32.2 Å². The van der Waals surface area contributed by atoms with E-state index in [1.54, 1.807) is 12.1 Å². The number of hydrogen-bond acceptors (Lipinski definition) is 5. The van der Waals surface area contributed by atoms with Crippen molar-refractivity contribution in [3.8, 4) is 11.8 Å². The minimum absolute atomic E-state index is 0.278. The summed E-state index contributed by atoms with van der Waals surface area (Å²) < 4.78 is 21.5. The van der Waals surface area contributed by atoms with E-state index in [4.69, 9.17) is 9.72 Å². The fourth-order valence-corrected chi connectivity index (χ4v) is 5.74. The molecule has 0 radical (unpaired) electrons. The second-order valence-electron chi connectivity index (χ2n) is 9.47. The fraction of sp³-hybridized carbons (Fsp3) is 0.357. The quantitative estimate of drug-likeness (QED) is 0.433. The number of nitrogens with zero attached hydrogens (tertiary/aromatic N) is 5. The topological polar surface area (TPSA) is 56.8 Å². The summed E-state index contributed by atoms with van der Waals surface area (Å²) >= 11 is 0. The van der Waals surface area contributed by atoms with E-state index in [0.717, 1.165) is 79.7 Å². The normalized spacial score (nSPS) is 16.4. The van der Waals surface area contributed by atoms with Gasteiger partial charge >= 0.3 is 0 Å². The summed E-state index contributed by atoms with van der Waals surface area (Å²) in [6, 6.07) is 15.9. The van der Waals surface area contributed by atoms with Gasteiger partial charge in [-0.3, -0.25) is 9.30 Å². The van der Waals surface area contributed by atoms with Crippen LogP contribution in [0.4, 0.5) is 10.2 Å². The number of piperazine rings is 1. The van der Waals surface area contributed by atoms with Crippen molar-refractivity contribution >= 4 is 22.5 Å². The molecule has 2 aromatic carbocycles. The Labute approximate surface area is 204 Å². The number of rotatable bonds is 4. The summed E-state index contributed by atoms with van der Waals surface area (Å²) in [6.45, 7) is 4.23. The molecule has 0 spiro atoms. The Kier molecular flexibility index (Phi) is 5.54. The third kappa shape index (κ3) is 3.69. The van der Waals surface area contributed by atoms with Crippen molar-refractivity contribution < 1.29 is 9.13 Å². The third-order valence-corrected chi connectivity index (χ3v) is 7.44. The van der Waals surface area contributed by atoms with Gasteiger partial charge in [-0.2, -0.15) is 5.26 Å². The molecule has 7 heteroatoms. The average Bonchev–Trinajstić information content (AvgIpc) is 3.27. The molecule has 6 nitrogen and oxygen atoms in total. The van der Waals surface area contributed by atoms with Gasteiger partial charge in [-0.15, -0.1) is 0 Å². The van der Waals surface area contributed by atoms with E-state index >= 15 is 0 Å². The van der Waals surface area contributed by atoms with Crippen molar-refractivity contribution in [2.75, 3.05) is 38.2 Å². The van der Waals surface area contributed by atoms with Gasteiger partial charge in [-0.25, -0.2) is 9.37 Å². The van der Waals surface area contributed by atoms with E-state index in [9.17, 15) is 9.65 Å². The van der Waals surface area contributed by atoms with Crippen LogP contribution in [0.2, 0.25) is 0 Å². The Bertz CT molecular complexity index is 1460. The smallest absolute Gasteiger partial charge is 0.165 e. The van der Waals surface area contributed by atoms with E-state index < -0.39 is 0 Å². The lowest BCUT2D eigenvalue weighted by Gasteiger charge is -2.38. The van der Waals surface area contributed by atoms with Crippen molar-refractivity contribution in [2.24, 2.45) is 0 Å². The summed E-state index contributed by atoms with van der Waals surface area (Å²) in [5.41, 5.74) is 6.95. The highest BCUT2D eigenvalue weighted by molar-refractivity contribution is 5.86. The van der Waals surface area contributed by atoms with Crippen LogP contribution in [-0.2, 0) is 19.4 Å². The van der Waals surface area contributed by atoms with Gasteiger partial charge in [0.15, 0.2) is 17.2 Å². The second kappa shape index (κ2) is 8.86. The molecule has 0 N–H and O–H groups in total. The van der Waals surface area contributed by atoms with Crippen LogP contribution in [0, 0.1) is 17.1 Å². The first-order chi connectivity index (χ1) is 17.2. The van der Waals surface area contributed by atoms with Crippen LogP contribution in [0.25, 0.3) is 16.7 Å². The van der Waals surface area contributed by atoms with E-state index in [2.05, 4.69) is 26.3 Å². The molecular formula is C28H28FN5O. The molecule has 0 atom stereocenters. The lowest BCUT2D eigenvalue weighted by Crippen LogP contribution is -2.47. The van der Waals surface area contributed by atoms with Gasteiger partial charge in [0.25, 0.3) is 0 Å². The highest BCUT2D eigenvalue weighted by Crippen LogP contribution is 2.37. The van der Waals surface area contributed by atoms with Gasteiger partial charge in [0.1, 0.15) is 11.9 Å². The number of ether oxygens (including phenoxy) is 1. The predicted octanol–water partition coefficient (Wildman–Crippen LogP) is 4.71. The molecule has 1 aliphatic carbocycles. The summed E-state index contributed by atoms with van der Waals surface area (Å²) in [5, 5.41) is 10.1. The zero-order valence-corrected chi connectivity index (χ0v) is 19.9. The Morgan fingerprint density at radius 3 is 2.54 bits per heavy atom. The van der Waals surface area contributed by atoms with Gasteiger partial charge in [-0.05, 0) is 66.6 Å². The minimum atomic E-state index is -0.317. The Morgan fingerprint density at radius 1 is 1.03 bits per heavy atom. The van der Waals surface area contributed by atoms with E-state index in [1.807, 2.05) is 24.3 Å². The molecule has 0 saturated carbocycles. The fourth-order valence-electron chi connectivity index (χ4n) is 5.74. The summed E-state index contributed by atoms with van der Waals surface area (Å²) in [5.74, 6) is 1.17. The van der Waals surface area contributed by atoms with Crippen molar-refractivity contribution in [3.05, 3.63) is 70.5 Å². The maximum Gasteiger partial charge on any atom is 0.165 e. The maximum atomic E-state index is 14.2. The number of benzene rings is 2. The van der Waals surface area contributed by atoms with Crippen LogP contribution in [0.3, 0.4) is 0 Å². The molecular weight excluding hydrogens is 441 g/mol. The summed E-state index contributed by atoms with van der Waals surface area (Å²) in [7, 11) is 1.49. The molecule has 178 valence electrons. The maximum absolute atomic E-state index is 14.2. The predicted molar refractivity (Wildman–Crippen MR) is 134 cm³/mol. The van der Waals surface area contributed by atoms with Crippen LogP contribution in [0.15, 0.2) is 42.5 Å². The molecule has 2 aliphatic rings. The number of anilines is 1. The second-order valence-corrected chi connectivity index (χ2v) is 9.47. The molecule has 35 heavy (non-hydrogen) atoms.